The van der Waals surface area contributed by atoms with E-state index in [0.717, 1.165) is 5.75 Å². The Balaban J connectivity index is 2.20. The highest BCUT2D eigenvalue weighted by Gasteiger charge is 2.43. The van der Waals surface area contributed by atoms with Crippen LogP contribution < -0.4 is 5.32 Å². The molecular weight excluding hydrogens is 266 g/mol. The van der Waals surface area contributed by atoms with Crippen LogP contribution in [0.3, 0.4) is 0 Å². The summed E-state index contributed by atoms with van der Waals surface area (Å²) in [6.07, 6.45) is 0.426. The average Bonchev–Trinajstić information content (AvgIpc) is 2.82. The molecule has 1 unspecified atom stereocenters. The van der Waals surface area contributed by atoms with Gasteiger partial charge < -0.3 is 15.5 Å². The lowest BCUT2D eigenvalue weighted by Crippen LogP contribution is -2.54. The predicted molar refractivity (Wildman–Crippen MR) is 72.6 cm³/mol. The van der Waals surface area contributed by atoms with Crippen LogP contribution >= 0.6 is 11.8 Å². The molecule has 0 spiro atoms. The maximum atomic E-state index is 12.1. The van der Waals surface area contributed by atoms with Gasteiger partial charge in [-0.05, 0) is 42.9 Å². The fourth-order valence-electron chi connectivity index (χ4n) is 1.97. The Bertz CT molecular complexity index is 523. The molecule has 0 bridgehead atoms. The van der Waals surface area contributed by atoms with Crippen LogP contribution in [-0.4, -0.2) is 39.1 Å². The first-order chi connectivity index (χ1) is 8.94. The summed E-state index contributed by atoms with van der Waals surface area (Å²) >= 11 is 1.52. The lowest BCUT2D eigenvalue weighted by molar-refractivity contribution is -0.143. The van der Waals surface area contributed by atoms with Crippen molar-refractivity contribution in [1.82, 2.24) is 5.32 Å². The highest BCUT2D eigenvalue weighted by atomic mass is 32.2. The summed E-state index contributed by atoms with van der Waals surface area (Å²) in [6, 6.07) is 4.46. The average molecular weight is 281 g/mol. The molecule has 1 atom stereocenters. The molecule has 102 valence electrons. The van der Waals surface area contributed by atoms with Crippen LogP contribution in [0.1, 0.15) is 22.3 Å². The number of aromatic hydroxyl groups is 1. The van der Waals surface area contributed by atoms with Gasteiger partial charge in [-0.3, -0.25) is 4.79 Å². The molecule has 0 aromatic heterocycles. The minimum atomic E-state index is -1.17. The fourth-order valence-corrected chi connectivity index (χ4v) is 3.30. The number of hydrogen-bond donors (Lipinski definition) is 3. The van der Waals surface area contributed by atoms with Crippen molar-refractivity contribution < 1.29 is 19.8 Å². The van der Waals surface area contributed by atoms with Crippen LogP contribution in [-0.2, 0) is 4.79 Å². The molecule has 1 aromatic rings. The zero-order valence-electron chi connectivity index (χ0n) is 10.5. The second kappa shape index (κ2) is 5.13. The van der Waals surface area contributed by atoms with Gasteiger partial charge in [0.2, 0.25) is 0 Å². The number of thioether (sulfide) groups is 1. The summed E-state index contributed by atoms with van der Waals surface area (Å²) in [5.74, 6) is -0.206. The van der Waals surface area contributed by atoms with E-state index in [1.807, 2.05) is 0 Å². The Labute approximate surface area is 115 Å². The molecule has 0 saturated carbocycles. The van der Waals surface area contributed by atoms with E-state index in [0.29, 0.717) is 23.3 Å². The zero-order valence-corrected chi connectivity index (χ0v) is 11.3. The van der Waals surface area contributed by atoms with Gasteiger partial charge in [0.25, 0.3) is 5.91 Å². The van der Waals surface area contributed by atoms with Gasteiger partial charge in [-0.15, -0.1) is 0 Å². The van der Waals surface area contributed by atoms with Gasteiger partial charge in [0.1, 0.15) is 11.3 Å². The second-order valence-electron chi connectivity index (χ2n) is 4.65. The summed E-state index contributed by atoms with van der Waals surface area (Å²) in [5, 5.41) is 21.3. The number of hydrogen-bond acceptors (Lipinski definition) is 4. The lowest BCUT2D eigenvalue weighted by atomic mass is 9.98. The summed E-state index contributed by atoms with van der Waals surface area (Å²) < 4.78 is 0. The number of phenolic OH excluding ortho intramolecular Hbond substituents is 1. The summed E-state index contributed by atoms with van der Waals surface area (Å²) in [6.45, 7) is 1.69. The van der Waals surface area contributed by atoms with E-state index in [4.69, 9.17) is 0 Å². The van der Waals surface area contributed by atoms with Crippen molar-refractivity contribution in [3.63, 3.8) is 0 Å². The van der Waals surface area contributed by atoms with Crippen molar-refractivity contribution in [2.24, 2.45) is 0 Å². The van der Waals surface area contributed by atoms with Crippen LogP contribution in [0, 0.1) is 6.92 Å². The van der Waals surface area contributed by atoms with Gasteiger partial charge in [0.05, 0.1) is 0 Å². The number of aryl methyl sites for hydroxylation is 1. The molecule has 19 heavy (non-hydrogen) atoms. The van der Waals surface area contributed by atoms with Crippen LogP contribution in [0.15, 0.2) is 18.2 Å². The molecule has 1 heterocycles. The van der Waals surface area contributed by atoms with Crippen molar-refractivity contribution in [2.75, 3.05) is 11.5 Å². The largest absolute Gasteiger partial charge is 0.508 e. The molecule has 2 rings (SSSR count). The number of amides is 1. The maximum Gasteiger partial charge on any atom is 0.330 e. The van der Waals surface area contributed by atoms with Crippen molar-refractivity contribution in [3.05, 3.63) is 29.3 Å². The highest BCUT2D eigenvalue weighted by Crippen LogP contribution is 2.29. The third-order valence-corrected chi connectivity index (χ3v) is 4.43. The number of carboxylic acid groups (broad SMARTS) is 1. The quantitative estimate of drug-likeness (QED) is 0.779. The molecule has 1 saturated heterocycles. The van der Waals surface area contributed by atoms with E-state index in [9.17, 15) is 19.8 Å². The van der Waals surface area contributed by atoms with Gasteiger partial charge in [-0.1, -0.05) is 0 Å². The Kier molecular flexibility index (Phi) is 3.71. The Morgan fingerprint density at radius 2 is 2.16 bits per heavy atom. The normalized spacial score (nSPS) is 22.2. The Morgan fingerprint density at radius 3 is 2.68 bits per heavy atom. The number of carboxylic acids is 1. The first-order valence-corrected chi connectivity index (χ1v) is 7.03. The Morgan fingerprint density at radius 1 is 1.42 bits per heavy atom. The van der Waals surface area contributed by atoms with Crippen molar-refractivity contribution in [1.29, 1.82) is 0 Å². The molecule has 0 radical (unpaired) electrons. The number of phenols is 1. The molecule has 0 aliphatic carbocycles. The molecule has 1 aliphatic rings. The van der Waals surface area contributed by atoms with Crippen LogP contribution in [0.4, 0.5) is 0 Å². The third kappa shape index (κ3) is 2.68. The third-order valence-electron chi connectivity index (χ3n) is 3.24. The first kappa shape index (κ1) is 13.7. The SMILES string of the molecule is Cc1cc(C(=O)NC2(C(=O)O)CCSC2)ccc1O. The lowest BCUT2D eigenvalue weighted by Gasteiger charge is -2.24. The van der Waals surface area contributed by atoms with E-state index < -0.39 is 17.4 Å². The number of benzene rings is 1. The number of nitrogens with one attached hydrogen (secondary N) is 1. The molecular formula is C13H15NO4S. The number of rotatable bonds is 3. The van der Waals surface area contributed by atoms with E-state index >= 15 is 0 Å². The van der Waals surface area contributed by atoms with Gasteiger partial charge in [0.15, 0.2) is 0 Å². The van der Waals surface area contributed by atoms with Gasteiger partial charge >= 0.3 is 5.97 Å². The molecule has 1 aliphatic heterocycles. The maximum absolute atomic E-state index is 12.1. The van der Waals surface area contributed by atoms with Gasteiger partial charge in [0, 0.05) is 11.3 Å². The number of carbonyl (C=O) groups excluding carboxylic acids is 1. The monoisotopic (exact) mass is 281 g/mol. The first-order valence-electron chi connectivity index (χ1n) is 5.88. The Hall–Kier alpha value is -1.69. The van der Waals surface area contributed by atoms with E-state index in [1.54, 1.807) is 13.0 Å². The van der Waals surface area contributed by atoms with Crippen LogP contribution in [0.2, 0.25) is 0 Å². The molecule has 5 nitrogen and oxygen atoms in total. The van der Waals surface area contributed by atoms with Gasteiger partial charge in [-0.2, -0.15) is 11.8 Å². The van der Waals surface area contributed by atoms with Gasteiger partial charge in [-0.25, -0.2) is 4.79 Å². The van der Waals surface area contributed by atoms with Crippen molar-refractivity contribution in [2.45, 2.75) is 18.9 Å². The highest BCUT2D eigenvalue weighted by molar-refractivity contribution is 7.99. The minimum absolute atomic E-state index is 0.112. The standard InChI is InChI=1S/C13H15NO4S/c1-8-6-9(2-3-10(8)15)11(16)14-13(12(17)18)4-5-19-7-13/h2-3,6,15H,4-5,7H2,1H3,(H,14,16)(H,17,18). The van der Waals surface area contributed by atoms with Crippen molar-refractivity contribution in [3.8, 4) is 5.75 Å². The summed E-state index contributed by atoms with van der Waals surface area (Å²) in [4.78, 5) is 23.5. The topological polar surface area (TPSA) is 86.6 Å². The second-order valence-corrected chi connectivity index (χ2v) is 5.75. The summed E-state index contributed by atoms with van der Waals surface area (Å²) in [7, 11) is 0. The molecule has 6 heteroatoms. The minimum Gasteiger partial charge on any atom is -0.508 e. The number of aliphatic carboxylic acids is 1. The van der Waals surface area contributed by atoms with Crippen LogP contribution in [0.5, 0.6) is 5.75 Å². The van der Waals surface area contributed by atoms with Crippen molar-refractivity contribution >= 4 is 23.6 Å². The van der Waals surface area contributed by atoms with E-state index in [2.05, 4.69) is 5.32 Å². The van der Waals surface area contributed by atoms with E-state index in [1.165, 1.54) is 23.9 Å². The molecule has 3 N–H and O–H groups in total. The smallest absolute Gasteiger partial charge is 0.330 e. The number of carbonyl (C=O) groups is 2. The molecule has 1 amide bonds. The molecule has 1 aromatic carbocycles. The molecule has 1 fully saturated rings. The zero-order chi connectivity index (χ0) is 14.0. The van der Waals surface area contributed by atoms with E-state index in [-0.39, 0.29) is 5.75 Å². The predicted octanol–water partition coefficient (Wildman–Crippen LogP) is 1.39. The fraction of sp³-hybridized carbons (Fsp3) is 0.385. The summed E-state index contributed by atoms with van der Waals surface area (Å²) in [5.41, 5.74) is -0.237. The van der Waals surface area contributed by atoms with Crippen LogP contribution in [0.25, 0.3) is 0 Å².